The molecule has 0 bridgehead atoms. The molecule has 0 radical (unpaired) electrons. The molecule has 2 aromatic rings. The van der Waals surface area contributed by atoms with Crippen molar-refractivity contribution in [2.75, 3.05) is 47.5 Å². The van der Waals surface area contributed by atoms with E-state index < -0.39 is 0 Å². The number of rotatable bonds is 6. The van der Waals surface area contributed by atoms with E-state index in [0.717, 1.165) is 5.56 Å². The van der Waals surface area contributed by atoms with Crippen LogP contribution in [0.15, 0.2) is 48.5 Å². The topological polar surface area (TPSA) is 68.3 Å². The molecule has 1 saturated heterocycles. The van der Waals surface area contributed by atoms with Crippen LogP contribution in [0.3, 0.4) is 0 Å². The molecule has 7 heteroatoms. The first-order valence-corrected chi connectivity index (χ1v) is 10.2. The number of methoxy groups -OCH3 is 3. The minimum Gasteiger partial charge on any atom is -0.496 e. The fraction of sp³-hybridized carbons (Fsp3) is 0.333. The highest BCUT2D eigenvalue weighted by Gasteiger charge is 2.23. The summed E-state index contributed by atoms with van der Waals surface area (Å²) in [5.41, 5.74) is 1.38. The van der Waals surface area contributed by atoms with Crippen molar-refractivity contribution in [3.63, 3.8) is 0 Å². The van der Waals surface area contributed by atoms with E-state index in [9.17, 15) is 9.59 Å². The third kappa shape index (κ3) is 5.36. The summed E-state index contributed by atoms with van der Waals surface area (Å²) in [7, 11) is 4.70. The Kier molecular flexibility index (Phi) is 7.54. The Morgan fingerprint density at radius 3 is 2.23 bits per heavy atom. The van der Waals surface area contributed by atoms with Gasteiger partial charge < -0.3 is 24.0 Å². The maximum atomic E-state index is 13.0. The van der Waals surface area contributed by atoms with Crippen molar-refractivity contribution >= 4 is 17.9 Å². The van der Waals surface area contributed by atoms with Gasteiger partial charge in [0.1, 0.15) is 5.75 Å². The molecular weight excluding hydrogens is 396 g/mol. The molecule has 0 aromatic heterocycles. The van der Waals surface area contributed by atoms with Crippen molar-refractivity contribution in [1.29, 1.82) is 0 Å². The van der Waals surface area contributed by atoms with Gasteiger partial charge in [0.15, 0.2) is 11.5 Å². The molecule has 164 valence electrons. The fourth-order valence-electron chi connectivity index (χ4n) is 3.56. The molecular formula is C24H28N2O5. The van der Waals surface area contributed by atoms with Crippen LogP contribution in [0.2, 0.25) is 0 Å². The molecule has 31 heavy (non-hydrogen) atoms. The summed E-state index contributed by atoms with van der Waals surface area (Å²) in [6.45, 7) is 2.15. The molecule has 1 aliphatic heterocycles. The van der Waals surface area contributed by atoms with Crippen LogP contribution in [0.1, 0.15) is 22.3 Å². The first-order chi connectivity index (χ1) is 15.1. The number of carbonyl (C=O) groups excluding carboxylic acids is 2. The minimum atomic E-state index is -0.0835. The lowest BCUT2D eigenvalue weighted by molar-refractivity contribution is -0.125. The summed E-state index contributed by atoms with van der Waals surface area (Å²) in [6.07, 6.45) is 4.04. The minimum absolute atomic E-state index is 0.0775. The van der Waals surface area contributed by atoms with Crippen LogP contribution in [0.4, 0.5) is 0 Å². The van der Waals surface area contributed by atoms with Crippen molar-refractivity contribution in [1.82, 2.24) is 9.80 Å². The first-order valence-electron chi connectivity index (χ1n) is 10.2. The zero-order valence-corrected chi connectivity index (χ0v) is 18.2. The highest BCUT2D eigenvalue weighted by molar-refractivity contribution is 5.95. The third-order valence-electron chi connectivity index (χ3n) is 5.27. The standard InChI is InChI=1S/C24H28N2O5/c1-29-20-8-5-4-7-18(20)10-12-23(27)25-13-6-14-26(16-15-25)24(28)19-9-11-21(30-2)22(17-19)31-3/h4-5,7-12,17H,6,13-16H2,1-3H3/b12-10+. The molecule has 1 fully saturated rings. The lowest BCUT2D eigenvalue weighted by Gasteiger charge is -2.22. The van der Waals surface area contributed by atoms with Crippen LogP contribution in [0.5, 0.6) is 17.2 Å². The predicted molar refractivity (Wildman–Crippen MR) is 119 cm³/mol. The summed E-state index contributed by atoms with van der Waals surface area (Å²) < 4.78 is 15.9. The lowest BCUT2D eigenvalue weighted by Crippen LogP contribution is -2.36. The Labute approximate surface area is 182 Å². The maximum absolute atomic E-state index is 13.0. The van der Waals surface area contributed by atoms with Crippen LogP contribution in [-0.4, -0.2) is 69.1 Å². The number of ether oxygens (including phenoxy) is 3. The monoisotopic (exact) mass is 424 g/mol. The summed E-state index contributed by atoms with van der Waals surface area (Å²) in [5.74, 6) is 1.65. The molecule has 0 saturated carbocycles. The molecule has 0 N–H and O–H groups in total. The van der Waals surface area contributed by atoms with Gasteiger partial charge in [-0.3, -0.25) is 9.59 Å². The largest absolute Gasteiger partial charge is 0.496 e. The molecule has 0 atom stereocenters. The van der Waals surface area contributed by atoms with Gasteiger partial charge >= 0.3 is 0 Å². The number of carbonyl (C=O) groups is 2. The van der Waals surface area contributed by atoms with Crippen LogP contribution in [0.25, 0.3) is 6.08 Å². The average molecular weight is 424 g/mol. The molecule has 2 amide bonds. The van der Waals surface area contributed by atoms with E-state index in [4.69, 9.17) is 14.2 Å². The fourth-order valence-corrected chi connectivity index (χ4v) is 3.56. The SMILES string of the molecule is COc1ccccc1/C=C/C(=O)N1CCCN(C(=O)c2ccc(OC)c(OC)c2)CC1. The van der Waals surface area contributed by atoms with Gasteiger partial charge in [-0.25, -0.2) is 0 Å². The summed E-state index contributed by atoms with van der Waals surface area (Å²) in [4.78, 5) is 29.2. The number of para-hydroxylation sites is 1. The average Bonchev–Trinajstić information content (AvgIpc) is 3.08. The van der Waals surface area contributed by atoms with Crippen molar-refractivity contribution in [3.8, 4) is 17.2 Å². The summed E-state index contributed by atoms with van der Waals surface area (Å²) in [6, 6.07) is 12.7. The number of benzene rings is 2. The van der Waals surface area contributed by atoms with E-state index in [1.54, 1.807) is 61.5 Å². The number of nitrogens with zero attached hydrogens (tertiary/aromatic N) is 2. The second-order valence-electron chi connectivity index (χ2n) is 7.12. The van der Waals surface area contributed by atoms with E-state index in [1.165, 1.54) is 0 Å². The number of hydrogen-bond donors (Lipinski definition) is 0. The van der Waals surface area contributed by atoms with Crippen molar-refractivity contribution in [2.24, 2.45) is 0 Å². The lowest BCUT2D eigenvalue weighted by atomic mass is 10.1. The highest BCUT2D eigenvalue weighted by atomic mass is 16.5. The molecule has 0 aliphatic carbocycles. The van der Waals surface area contributed by atoms with Gasteiger partial charge in [0.25, 0.3) is 5.91 Å². The van der Waals surface area contributed by atoms with Gasteiger partial charge in [0.2, 0.25) is 5.91 Å². The maximum Gasteiger partial charge on any atom is 0.254 e. The van der Waals surface area contributed by atoms with Crippen LogP contribution >= 0.6 is 0 Å². The van der Waals surface area contributed by atoms with Gasteiger partial charge in [-0.05, 0) is 36.8 Å². The molecule has 1 aliphatic rings. The highest BCUT2D eigenvalue weighted by Crippen LogP contribution is 2.28. The van der Waals surface area contributed by atoms with E-state index >= 15 is 0 Å². The Bertz CT molecular complexity index is 957. The van der Waals surface area contributed by atoms with Gasteiger partial charge in [-0.2, -0.15) is 0 Å². The van der Waals surface area contributed by atoms with E-state index in [-0.39, 0.29) is 11.8 Å². The molecule has 0 unspecified atom stereocenters. The molecule has 3 rings (SSSR count). The zero-order valence-electron chi connectivity index (χ0n) is 18.2. The normalized spacial score (nSPS) is 14.3. The van der Waals surface area contributed by atoms with Crippen molar-refractivity contribution in [3.05, 3.63) is 59.7 Å². The van der Waals surface area contributed by atoms with Gasteiger partial charge in [0, 0.05) is 43.4 Å². The Balaban J connectivity index is 1.64. The van der Waals surface area contributed by atoms with E-state index in [1.807, 2.05) is 24.3 Å². The van der Waals surface area contributed by atoms with Gasteiger partial charge in [-0.15, -0.1) is 0 Å². The van der Waals surface area contributed by atoms with Crippen LogP contribution < -0.4 is 14.2 Å². The summed E-state index contributed by atoms with van der Waals surface area (Å²) >= 11 is 0. The number of amides is 2. The molecule has 2 aromatic carbocycles. The Morgan fingerprint density at radius 1 is 0.806 bits per heavy atom. The van der Waals surface area contributed by atoms with Gasteiger partial charge in [-0.1, -0.05) is 18.2 Å². The zero-order chi connectivity index (χ0) is 22.2. The van der Waals surface area contributed by atoms with Crippen molar-refractivity contribution < 1.29 is 23.8 Å². The number of hydrogen-bond acceptors (Lipinski definition) is 5. The summed E-state index contributed by atoms with van der Waals surface area (Å²) in [5, 5.41) is 0. The second-order valence-corrected chi connectivity index (χ2v) is 7.12. The quantitative estimate of drug-likeness (QED) is 0.667. The molecule has 7 nitrogen and oxygen atoms in total. The van der Waals surface area contributed by atoms with Crippen LogP contribution in [-0.2, 0) is 4.79 Å². The first kappa shape index (κ1) is 22.2. The predicted octanol–water partition coefficient (Wildman–Crippen LogP) is 3.10. The molecule has 1 heterocycles. The smallest absolute Gasteiger partial charge is 0.254 e. The van der Waals surface area contributed by atoms with E-state index in [0.29, 0.717) is 55.4 Å². The van der Waals surface area contributed by atoms with Crippen LogP contribution in [0, 0.1) is 0 Å². The Hall–Kier alpha value is -3.48. The van der Waals surface area contributed by atoms with E-state index in [2.05, 4.69) is 0 Å². The second kappa shape index (κ2) is 10.5. The Morgan fingerprint density at radius 2 is 1.48 bits per heavy atom. The van der Waals surface area contributed by atoms with Crippen molar-refractivity contribution in [2.45, 2.75) is 6.42 Å². The van der Waals surface area contributed by atoms with Gasteiger partial charge in [0.05, 0.1) is 21.3 Å². The third-order valence-corrected chi connectivity index (χ3v) is 5.27. The molecule has 0 spiro atoms.